The van der Waals surface area contributed by atoms with Gasteiger partial charge in [0.1, 0.15) is 12.4 Å². The first-order valence-corrected chi connectivity index (χ1v) is 9.07. The number of nitrogens with zero attached hydrogens (tertiary/aromatic N) is 1. The fourth-order valence-electron chi connectivity index (χ4n) is 2.28. The predicted molar refractivity (Wildman–Crippen MR) is 92.5 cm³/mol. The van der Waals surface area contributed by atoms with Crippen LogP contribution in [0.5, 0.6) is 5.75 Å². The van der Waals surface area contributed by atoms with Crippen molar-refractivity contribution in [2.24, 2.45) is 0 Å². The Labute approximate surface area is 144 Å². The largest absolute Gasteiger partial charge is 0.490 e. The van der Waals surface area contributed by atoms with Gasteiger partial charge in [-0.15, -0.1) is 0 Å². The van der Waals surface area contributed by atoms with Crippen molar-refractivity contribution in [3.8, 4) is 5.75 Å². The minimum Gasteiger partial charge on any atom is -0.490 e. The second-order valence-corrected chi connectivity index (χ2v) is 7.57. The zero-order valence-electron chi connectivity index (χ0n) is 12.2. The summed E-state index contributed by atoms with van der Waals surface area (Å²) in [6, 6.07) is 9.50. The van der Waals surface area contributed by atoms with Crippen LogP contribution < -0.4 is 14.4 Å². The van der Waals surface area contributed by atoms with Crippen molar-refractivity contribution >= 4 is 44.6 Å². The molecule has 5 nitrogen and oxygen atoms in total. The third kappa shape index (κ3) is 3.20. The van der Waals surface area contributed by atoms with Gasteiger partial charge in [0.2, 0.25) is 0 Å². The Morgan fingerprint density at radius 2 is 2.00 bits per heavy atom. The van der Waals surface area contributed by atoms with Crippen LogP contribution in [-0.2, 0) is 10.0 Å². The molecule has 122 valence electrons. The number of halogens is 2. The molecule has 0 amide bonds. The van der Waals surface area contributed by atoms with Crippen molar-refractivity contribution in [1.29, 1.82) is 0 Å². The van der Waals surface area contributed by atoms with E-state index in [0.717, 1.165) is 5.69 Å². The van der Waals surface area contributed by atoms with Crippen LogP contribution in [0.15, 0.2) is 41.3 Å². The molecule has 23 heavy (non-hydrogen) atoms. The van der Waals surface area contributed by atoms with Crippen LogP contribution in [-0.4, -0.2) is 28.6 Å². The number of likely N-dealkylation sites (N-methyl/N-ethyl adjacent to an activating group) is 1. The first kappa shape index (κ1) is 16.2. The van der Waals surface area contributed by atoms with E-state index in [1.165, 1.54) is 6.07 Å². The van der Waals surface area contributed by atoms with Gasteiger partial charge < -0.3 is 9.64 Å². The number of rotatable bonds is 3. The van der Waals surface area contributed by atoms with Gasteiger partial charge in [-0.3, -0.25) is 4.72 Å². The summed E-state index contributed by atoms with van der Waals surface area (Å²) in [5.41, 5.74) is 0.970. The summed E-state index contributed by atoms with van der Waals surface area (Å²) in [5, 5.41) is 0.446. The van der Waals surface area contributed by atoms with Crippen molar-refractivity contribution in [3.05, 3.63) is 46.4 Å². The third-order valence-corrected chi connectivity index (χ3v) is 5.71. The highest BCUT2D eigenvalue weighted by molar-refractivity contribution is 7.92. The first-order valence-electron chi connectivity index (χ1n) is 6.83. The zero-order valence-corrected chi connectivity index (χ0v) is 14.5. The second-order valence-electron chi connectivity index (χ2n) is 5.11. The SMILES string of the molecule is CN1CCOc2ccc(S(=O)(=O)Nc3cccc(Cl)c3Cl)cc21. The topological polar surface area (TPSA) is 58.6 Å². The van der Waals surface area contributed by atoms with Gasteiger partial charge in [-0.1, -0.05) is 29.3 Å². The summed E-state index contributed by atoms with van der Waals surface area (Å²) in [6.45, 7) is 1.27. The molecule has 0 spiro atoms. The number of ether oxygens (including phenoxy) is 1. The smallest absolute Gasteiger partial charge is 0.262 e. The molecule has 0 atom stereocenters. The van der Waals surface area contributed by atoms with Gasteiger partial charge in [0.05, 0.1) is 32.9 Å². The monoisotopic (exact) mass is 372 g/mol. The lowest BCUT2D eigenvalue weighted by Crippen LogP contribution is -2.29. The summed E-state index contributed by atoms with van der Waals surface area (Å²) in [5.74, 6) is 0.665. The maximum absolute atomic E-state index is 12.6. The summed E-state index contributed by atoms with van der Waals surface area (Å²) < 4.78 is 33.2. The van der Waals surface area contributed by atoms with E-state index < -0.39 is 10.0 Å². The standard InChI is InChI=1S/C15H14Cl2N2O3S/c1-19-7-8-22-14-6-5-10(9-13(14)19)23(20,21)18-12-4-2-3-11(16)15(12)17/h2-6,9,18H,7-8H2,1H3. The van der Waals surface area contributed by atoms with Crippen LogP contribution in [0.25, 0.3) is 0 Å². The Hall–Kier alpha value is -1.63. The highest BCUT2D eigenvalue weighted by Crippen LogP contribution is 2.35. The molecule has 1 aliphatic heterocycles. The minimum absolute atomic E-state index is 0.129. The van der Waals surface area contributed by atoms with Crippen molar-refractivity contribution in [2.75, 3.05) is 29.8 Å². The molecule has 8 heteroatoms. The van der Waals surface area contributed by atoms with Crippen molar-refractivity contribution in [2.45, 2.75) is 4.90 Å². The van der Waals surface area contributed by atoms with Crippen LogP contribution in [0.4, 0.5) is 11.4 Å². The van der Waals surface area contributed by atoms with Crippen LogP contribution >= 0.6 is 23.2 Å². The molecule has 3 rings (SSSR count). The summed E-state index contributed by atoms with van der Waals surface area (Å²) in [7, 11) is -1.90. The molecule has 0 unspecified atom stereocenters. The molecule has 1 heterocycles. The predicted octanol–water partition coefficient (Wildman–Crippen LogP) is 3.62. The van der Waals surface area contributed by atoms with Crippen LogP contribution in [0, 0.1) is 0 Å². The number of hydrogen-bond acceptors (Lipinski definition) is 4. The molecular weight excluding hydrogens is 359 g/mol. The van der Waals surface area contributed by atoms with E-state index in [4.69, 9.17) is 27.9 Å². The van der Waals surface area contributed by atoms with E-state index in [9.17, 15) is 8.42 Å². The highest BCUT2D eigenvalue weighted by Gasteiger charge is 2.21. The zero-order chi connectivity index (χ0) is 16.6. The van der Waals surface area contributed by atoms with Crippen molar-refractivity contribution < 1.29 is 13.2 Å². The Balaban J connectivity index is 1.97. The average molecular weight is 373 g/mol. The highest BCUT2D eigenvalue weighted by atomic mass is 35.5. The lowest BCUT2D eigenvalue weighted by molar-refractivity contribution is 0.311. The third-order valence-electron chi connectivity index (χ3n) is 3.53. The summed E-state index contributed by atoms with van der Waals surface area (Å²) in [6.07, 6.45) is 0. The van der Waals surface area contributed by atoms with Crippen molar-refractivity contribution in [1.82, 2.24) is 0 Å². The lowest BCUT2D eigenvalue weighted by Gasteiger charge is -2.28. The molecule has 0 radical (unpaired) electrons. The van der Waals surface area contributed by atoms with E-state index in [2.05, 4.69) is 4.72 Å². The van der Waals surface area contributed by atoms with E-state index in [-0.39, 0.29) is 20.6 Å². The first-order chi connectivity index (χ1) is 10.9. The van der Waals surface area contributed by atoms with Crippen LogP contribution in [0.2, 0.25) is 10.0 Å². The van der Waals surface area contributed by atoms with Gasteiger partial charge in [0.25, 0.3) is 10.0 Å². The average Bonchev–Trinajstić information content (AvgIpc) is 2.52. The Morgan fingerprint density at radius 3 is 2.78 bits per heavy atom. The van der Waals surface area contributed by atoms with E-state index in [1.54, 1.807) is 30.3 Å². The van der Waals surface area contributed by atoms with Crippen LogP contribution in [0.3, 0.4) is 0 Å². The van der Waals surface area contributed by atoms with Gasteiger partial charge in [0, 0.05) is 7.05 Å². The van der Waals surface area contributed by atoms with Gasteiger partial charge in [-0.25, -0.2) is 8.42 Å². The fourth-order valence-corrected chi connectivity index (χ4v) is 3.78. The minimum atomic E-state index is -3.78. The molecule has 0 bridgehead atoms. The molecule has 2 aromatic carbocycles. The maximum atomic E-state index is 12.6. The number of fused-ring (bicyclic) bond motifs is 1. The molecule has 0 aliphatic carbocycles. The molecule has 1 N–H and O–H groups in total. The quantitative estimate of drug-likeness (QED) is 0.893. The lowest BCUT2D eigenvalue weighted by atomic mass is 10.2. The van der Waals surface area contributed by atoms with Gasteiger partial charge in [-0.05, 0) is 30.3 Å². The Morgan fingerprint density at radius 1 is 1.22 bits per heavy atom. The fraction of sp³-hybridized carbons (Fsp3) is 0.200. The molecule has 1 aliphatic rings. The van der Waals surface area contributed by atoms with E-state index in [0.29, 0.717) is 18.9 Å². The summed E-state index contributed by atoms with van der Waals surface area (Å²) >= 11 is 12.0. The van der Waals surface area contributed by atoms with Gasteiger partial charge >= 0.3 is 0 Å². The van der Waals surface area contributed by atoms with Gasteiger partial charge in [0.15, 0.2) is 0 Å². The number of nitrogens with one attached hydrogen (secondary N) is 1. The Kier molecular flexibility index (Phi) is 4.31. The van der Waals surface area contributed by atoms with Gasteiger partial charge in [-0.2, -0.15) is 0 Å². The molecule has 0 aromatic heterocycles. The molecular formula is C15H14Cl2N2O3S. The second kappa shape index (κ2) is 6.11. The van der Waals surface area contributed by atoms with E-state index in [1.807, 2.05) is 11.9 Å². The number of anilines is 2. The number of sulfonamides is 1. The van der Waals surface area contributed by atoms with E-state index >= 15 is 0 Å². The molecule has 0 fully saturated rings. The molecule has 0 saturated heterocycles. The molecule has 0 saturated carbocycles. The maximum Gasteiger partial charge on any atom is 0.262 e. The number of hydrogen-bond donors (Lipinski definition) is 1. The Bertz CT molecular complexity index is 856. The van der Waals surface area contributed by atoms with Crippen LogP contribution in [0.1, 0.15) is 0 Å². The number of benzene rings is 2. The normalized spacial score (nSPS) is 14.1. The molecule has 2 aromatic rings. The van der Waals surface area contributed by atoms with Crippen molar-refractivity contribution in [3.63, 3.8) is 0 Å². The summed E-state index contributed by atoms with van der Waals surface area (Å²) in [4.78, 5) is 2.08.